The molecule has 2 atom stereocenters. The van der Waals surface area contributed by atoms with Crippen LogP contribution in [-0.4, -0.2) is 53.9 Å². The van der Waals surface area contributed by atoms with Crippen molar-refractivity contribution in [2.45, 2.75) is 51.4 Å². The Labute approximate surface area is 149 Å². The van der Waals surface area contributed by atoms with Crippen molar-refractivity contribution in [3.63, 3.8) is 0 Å². The number of rotatable bonds is 6. The van der Waals surface area contributed by atoms with Crippen LogP contribution in [-0.2, 0) is 11.2 Å². The van der Waals surface area contributed by atoms with Gasteiger partial charge in [0, 0.05) is 43.4 Å². The Hall–Kier alpha value is -1.14. The Morgan fingerprint density at radius 3 is 2.75 bits per heavy atom. The van der Waals surface area contributed by atoms with Crippen molar-refractivity contribution in [3.05, 3.63) is 10.6 Å². The largest absolute Gasteiger partial charge is 0.375 e. The summed E-state index contributed by atoms with van der Waals surface area (Å²) in [7, 11) is 2.12. The molecule has 1 aliphatic heterocycles. The maximum absolute atomic E-state index is 12.7. The zero-order valence-electron chi connectivity index (χ0n) is 15.0. The zero-order chi connectivity index (χ0) is 17.1. The molecule has 2 aliphatic rings. The smallest absolute Gasteiger partial charge is 0.222 e. The number of hydrogen-bond acceptors (Lipinski definition) is 5. The third-order valence-electron chi connectivity index (χ3n) is 5.52. The third-order valence-corrected chi connectivity index (χ3v) is 6.45. The fraction of sp³-hybridized carbons (Fsp3) is 0.778. The molecule has 2 unspecified atom stereocenters. The first kappa shape index (κ1) is 17.7. The van der Waals surface area contributed by atoms with Gasteiger partial charge >= 0.3 is 0 Å². The van der Waals surface area contributed by atoms with E-state index in [9.17, 15) is 4.79 Å². The molecule has 1 saturated heterocycles. The van der Waals surface area contributed by atoms with Crippen molar-refractivity contribution in [3.8, 4) is 0 Å². The van der Waals surface area contributed by atoms with Gasteiger partial charge in [0.05, 0.1) is 5.69 Å². The maximum atomic E-state index is 12.7. The predicted octanol–water partition coefficient (Wildman–Crippen LogP) is 2.73. The van der Waals surface area contributed by atoms with Gasteiger partial charge in [-0.1, -0.05) is 26.2 Å². The van der Waals surface area contributed by atoms with Crippen LogP contribution in [0.5, 0.6) is 0 Å². The van der Waals surface area contributed by atoms with Gasteiger partial charge in [0.15, 0.2) is 5.13 Å². The lowest BCUT2D eigenvalue weighted by Gasteiger charge is -2.33. The first-order valence-electron chi connectivity index (χ1n) is 9.29. The Bertz CT molecular complexity index is 565. The Morgan fingerprint density at radius 2 is 2.04 bits per heavy atom. The van der Waals surface area contributed by atoms with Gasteiger partial charge in [-0.15, -0.1) is 11.3 Å². The number of carbonyl (C=O) groups excluding carboxylic acids is 1. The number of piperazine rings is 1. The summed E-state index contributed by atoms with van der Waals surface area (Å²) >= 11 is 1.62. The number of aromatic nitrogens is 1. The summed E-state index contributed by atoms with van der Waals surface area (Å²) in [4.78, 5) is 23.0. The van der Waals surface area contributed by atoms with Crippen molar-refractivity contribution in [1.29, 1.82) is 0 Å². The first-order chi connectivity index (χ1) is 11.6. The van der Waals surface area contributed by atoms with Crippen molar-refractivity contribution in [1.82, 2.24) is 14.8 Å². The van der Waals surface area contributed by atoms with Gasteiger partial charge in [0.25, 0.3) is 0 Å². The first-order valence-corrected chi connectivity index (χ1v) is 10.1. The van der Waals surface area contributed by atoms with Gasteiger partial charge in [-0.2, -0.15) is 0 Å². The van der Waals surface area contributed by atoms with E-state index in [1.807, 2.05) is 0 Å². The second kappa shape index (κ2) is 7.83. The molecule has 1 amide bonds. The van der Waals surface area contributed by atoms with Gasteiger partial charge in [-0.25, -0.2) is 4.98 Å². The van der Waals surface area contributed by atoms with Gasteiger partial charge in [-0.3, -0.25) is 4.79 Å². The average Bonchev–Trinajstić information content (AvgIpc) is 3.05. The van der Waals surface area contributed by atoms with Crippen LogP contribution < -0.4 is 5.73 Å². The van der Waals surface area contributed by atoms with Gasteiger partial charge in [-0.05, 0) is 25.8 Å². The molecule has 2 N–H and O–H groups in total. The SMILES string of the molecule is CCCCCC1c2nc(N)sc2CC1CC(=O)N1CCN(C)CC1. The van der Waals surface area contributed by atoms with Crippen LogP contribution in [0.2, 0.25) is 0 Å². The standard InChI is InChI=1S/C18H30N4OS/c1-3-4-5-6-14-13(11-15-17(14)20-18(19)24-15)12-16(23)22-9-7-21(2)8-10-22/h13-14H,3-12H2,1-2H3,(H2,19,20). The highest BCUT2D eigenvalue weighted by Gasteiger charge is 2.37. The molecule has 5 nitrogen and oxygen atoms in total. The number of fused-ring (bicyclic) bond motifs is 1. The van der Waals surface area contributed by atoms with E-state index in [4.69, 9.17) is 5.73 Å². The van der Waals surface area contributed by atoms with E-state index in [0.717, 1.165) is 39.0 Å². The van der Waals surface area contributed by atoms with Crippen molar-refractivity contribution >= 4 is 22.4 Å². The highest BCUT2D eigenvalue weighted by Crippen LogP contribution is 2.45. The normalized spacial score (nSPS) is 24.3. The molecule has 1 aliphatic carbocycles. The lowest BCUT2D eigenvalue weighted by molar-refractivity contribution is -0.133. The van der Waals surface area contributed by atoms with Crippen LogP contribution in [0.3, 0.4) is 0 Å². The van der Waals surface area contributed by atoms with Crippen molar-refractivity contribution in [2.24, 2.45) is 5.92 Å². The summed E-state index contributed by atoms with van der Waals surface area (Å²) in [5.41, 5.74) is 7.11. The minimum absolute atomic E-state index is 0.330. The highest BCUT2D eigenvalue weighted by atomic mass is 32.1. The summed E-state index contributed by atoms with van der Waals surface area (Å²) in [6, 6.07) is 0. The number of unbranched alkanes of at least 4 members (excludes halogenated alkanes) is 2. The topological polar surface area (TPSA) is 62.5 Å². The van der Waals surface area contributed by atoms with Crippen LogP contribution in [0.25, 0.3) is 0 Å². The molecular formula is C18H30N4OS. The molecule has 0 spiro atoms. The van der Waals surface area contributed by atoms with Gasteiger partial charge < -0.3 is 15.5 Å². The summed E-state index contributed by atoms with van der Waals surface area (Å²) in [6.45, 7) is 5.95. The minimum Gasteiger partial charge on any atom is -0.375 e. The quantitative estimate of drug-likeness (QED) is 0.801. The third kappa shape index (κ3) is 3.91. The Balaban J connectivity index is 1.63. The van der Waals surface area contributed by atoms with Crippen molar-refractivity contribution < 1.29 is 4.79 Å². The highest BCUT2D eigenvalue weighted by molar-refractivity contribution is 7.15. The fourth-order valence-corrected chi connectivity index (χ4v) is 5.03. The number of thiazole rings is 1. The number of amides is 1. The lowest BCUT2D eigenvalue weighted by atomic mass is 9.87. The summed E-state index contributed by atoms with van der Waals surface area (Å²) < 4.78 is 0. The summed E-state index contributed by atoms with van der Waals surface area (Å²) in [5.74, 6) is 1.18. The van der Waals surface area contributed by atoms with E-state index in [1.54, 1.807) is 11.3 Å². The molecule has 3 rings (SSSR count). The van der Waals surface area contributed by atoms with Crippen LogP contribution in [0, 0.1) is 5.92 Å². The molecule has 24 heavy (non-hydrogen) atoms. The average molecular weight is 351 g/mol. The number of carbonyl (C=O) groups is 1. The predicted molar refractivity (Wildman–Crippen MR) is 99.3 cm³/mol. The molecule has 134 valence electrons. The fourth-order valence-electron chi connectivity index (χ4n) is 4.03. The van der Waals surface area contributed by atoms with Crippen LogP contribution >= 0.6 is 11.3 Å². The molecule has 1 fully saturated rings. The van der Waals surface area contributed by atoms with E-state index in [1.165, 1.54) is 29.8 Å². The molecule has 2 heterocycles. The molecule has 6 heteroatoms. The molecule has 1 aromatic heterocycles. The van der Waals surface area contributed by atoms with Gasteiger partial charge in [0.2, 0.25) is 5.91 Å². The van der Waals surface area contributed by atoms with E-state index in [-0.39, 0.29) is 0 Å². The molecule has 0 saturated carbocycles. The van der Waals surface area contributed by atoms with Crippen molar-refractivity contribution in [2.75, 3.05) is 39.0 Å². The van der Waals surface area contributed by atoms with E-state index >= 15 is 0 Å². The molecule has 1 aromatic rings. The van der Waals surface area contributed by atoms with E-state index < -0.39 is 0 Å². The number of nitrogens with two attached hydrogens (primary N) is 1. The number of hydrogen-bond donors (Lipinski definition) is 1. The lowest BCUT2D eigenvalue weighted by Crippen LogP contribution is -2.47. The van der Waals surface area contributed by atoms with Crippen LogP contribution in [0.4, 0.5) is 5.13 Å². The second-order valence-corrected chi connectivity index (χ2v) is 8.43. The monoisotopic (exact) mass is 350 g/mol. The molecule has 0 radical (unpaired) electrons. The summed E-state index contributed by atoms with van der Waals surface area (Å²) in [5, 5.41) is 0.685. The minimum atomic E-state index is 0.330. The van der Waals surface area contributed by atoms with Gasteiger partial charge in [0.1, 0.15) is 0 Å². The van der Waals surface area contributed by atoms with E-state index in [0.29, 0.717) is 29.3 Å². The second-order valence-electron chi connectivity index (χ2n) is 7.32. The number of nitrogens with zero attached hydrogens (tertiary/aromatic N) is 3. The van der Waals surface area contributed by atoms with Crippen LogP contribution in [0.15, 0.2) is 0 Å². The molecule has 0 aromatic carbocycles. The maximum Gasteiger partial charge on any atom is 0.222 e. The molecular weight excluding hydrogens is 320 g/mol. The number of anilines is 1. The number of nitrogen functional groups attached to an aromatic ring is 1. The number of likely N-dealkylation sites (N-methyl/N-ethyl adjacent to an activating group) is 1. The van der Waals surface area contributed by atoms with Crippen LogP contribution in [0.1, 0.15) is 55.5 Å². The molecule has 0 bridgehead atoms. The summed E-state index contributed by atoms with van der Waals surface area (Å²) in [6.07, 6.45) is 6.50. The Morgan fingerprint density at radius 1 is 1.29 bits per heavy atom. The van der Waals surface area contributed by atoms with E-state index in [2.05, 4.69) is 28.8 Å². The Kier molecular flexibility index (Phi) is 5.76. The zero-order valence-corrected chi connectivity index (χ0v) is 15.8.